The van der Waals surface area contributed by atoms with Crippen molar-refractivity contribution in [2.24, 2.45) is 0 Å². The van der Waals surface area contributed by atoms with Crippen molar-refractivity contribution in [3.05, 3.63) is 78.9 Å². The maximum absolute atomic E-state index is 2.33. The van der Waals surface area contributed by atoms with Crippen LogP contribution in [0, 0.1) is 0 Å². The summed E-state index contributed by atoms with van der Waals surface area (Å²) in [5.41, 5.74) is 0. The molecule has 5 rings (SSSR count). The number of rotatable bonds is 0. The summed E-state index contributed by atoms with van der Waals surface area (Å²) in [6.45, 7) is 0. The van der Waals surface area contributed by atoms with E-state index in [0.717, 1.165) is 0 Å². The van der Waals surface area contributed by atoms with Crippen LogP contribution in [0.15, 0.2) is 78.9 Å². The molecule has 0 aliphatic rings. The predicted octanol–water partition coefficient (Wildman–Crippen LogP) is 0.0238. The van der Waals surface area contributed by atoms with Crippen molar-refractivity contribution in [2.45, 2.75) is 0 Å². The third-order valence-electron chi connectivity index (χ3n) is 4.50. The molecular weight excluding hydrogens is 414 g/mol. The Hall–Kier alpha value is -1.27. The Balaban J connectivity index is 0.000000694. The van der Waals surface area contributed by atoms with Gasteiger partial charge in [0.15, 0.2) is 0 Å². The first-order valence-electron chi connectivity index (χ1n) is 7.31. The Labute approximate surface area is 172 Å². The van der Waals surface area contributed by atoms with Crippen LogP contribution in [-0.4, -0.2) is 0 Å². The van der Waals surface area contributed by atoms with Crippen LogP contribution in [-0.2, 0) is 26.2 Å². The summed E-state index contributed by atoms with van der Waals surface area (Å²) >= 11 is 0. The average Bonchev–Trinajstić information content (AvgIpc) is 2.95. The third-order valence-corrected chi connectivity index (χ3v) is 4.50. The Kier molecular flexibility index (Phi) is 5.81. The van der Waals surface area contributed by atoms with Crippen molar-refractivity contribution in [3.8, 4) is 0 Å². The van der Waals surface area contributed by atoms with E-state index in [2.05, 4.69) is 78.9 Å². The van der Waals surface area contributed by atoms with E-state index in [-0.39, 0.29) is 51.0 Å². The minimum atomic E-state index is 0. The molecule has 0 unspecified atom stereocenters. The molecule has 115 valence electrons. The van der Waals surface area contributed by atoms with Crippen LogP contribution in [0.5, 0.6) is 0 Å². The van der Waals surface area contributed by atoms with Gasteiger partial charge in [0.2, 0.25) is 0 Å². The Morgan fingerprint density at radius 1 is 0.500 bits per heavy atom. The fourth-order valence-corrected chi connectivity index (χ4v) is 3.61. The van der Waals surface area contributed by atoms with E-state index in [1.54, 1.807) is 0 Å². The van der Waals surface area contributed by atoms with Gasteiger partial charge < -0.3 is 24.8 Å². The number of fused-ring (bicyclic) bond motifs is 8. The first-order valence-corrected chi connectivity index (χ1v) is 7.31. The van der Waals surface area contributed by atoms with Gasteiger partial charge in [-0.1, -0.05) is 77.5 Å². The second-order valence-electron chi connectivity index (χ2n) is 5.61. The smallest absolute Gasteiger partial charge is 1.00 e. The van der Waals surface area contributed by atoms with Crippen LogP contribution in [0.1, 0.15) is 0 Å². The number of hydrogen-bond donors (Lipinski definition) is 0. The number of hydrogen-bond acceptors (Lipinski definition) is 0. The third kappa shape index (κ3) is 2.60. The van der Waals surface area contributed by atoms with Crippen molar-refractivity contribution < 1.29 is 51.0 Å². The topological polar surface area (TPSA) is 0 Å². The van der Waals surface area contributed by atoms with E-state index in [0.29, 0.717) is 0 Å². The maximum Gasteiger partial charge on any atom is 3.00 e. The summed E-state index contributed by atoms with van der Waals surface area (Å²) in [7, 11) is 0. The van der Waals surface area contributed by atoms with Crippen molar-refractivity contribution in [2.75, 3.05) is 0 Å². The second kappa shape index (κ2) is 7.32. The van der Waals surface area contributed by atoms with E-state index >= 15 is 0 Å². The normalized spacial score (nSPS) is 10.3. The van der Waals surface area contributed by atoms with E-state index in [1.165, 1.54) is 43.1 Å². The molecule has 3 heteroatoms. The molecular formula is C21H13Cl2Zr. The van der Waals surface area contributed by atoms with E-state index in [9.17, 15) is 0 Å². The molecule has 1 radical (unpaired) electrons. The zero-order chi connectivity index (χ0) is 13.8. The molecule has 0 amide bonds. The first-order chi connectivity index (χ1) is 10.4. The van der Waals surface area contributed by atoms with E-state index in [1.807, 2.05) is 0 Å². The maximum atomic E-state index is 2.33. The summed E-state index contributed by atoms with van der Waals surface area (Å²) in [5, 5.41) is 10.8. The van der Waals surface area contributed by atoms with Crippen LogP contribution in [0.2, 0.25) is 0 Å². The molecule has 0 atom stereocenters. The first kappa shape index (κ1) is 19.1. The minimum Gasteiger partial charge on any atom is -1.00 e. The van der Waals surface area contributed by atoms with Crippen LogP contribution < -0.4 is 24.8 Å². The molecule has 0 heterocycles. The Morgan fingerprint density at radius 3 is 1.62 bits per heavy atom. The molecule has 5 aromatic carbocycles. The second-order valence-corrected chi connectivity index (χ2v) is 5.61. The van der Waals surface area contributed by atoms with Crippen molar-refractivity contribution in [1.29, 1.82) is 0 Å². The fraction of sp³-hybridized carbons (Fsp3) is 0. The molecule has 0 spiro atoms. The van der Waals surface area contributed by atoms with Gasteiger partial charge in [-0.25, -0.2) is 0 Å². The Bertz CT molecular complexity index is 1140. The largest absolute Gasteiger partial charge is 3.00 e. The summed E-state index contributed by atoms with van der Waals surface area (Å²) in [6, 6.07) is 28.5. The number of halogens is 2. The van der Waals surface area contributed by atoms with Crippen molar-refractivity contribution >= 4 is 43.1 Å². The molecule has 5 aromatic rings. The molecule has 0 nitrogen and oxygen atoms in total. The van der Waals surface area contributed by atoms with Gasteiger partial charge >= 0.3 is 26.2 Å². The molecule has 0 fully saturated rings. The van der Waals surface area contributed by atoms with Gasteiger partial charge in [0, 0.05) is 0 Å². The quantitative estimate of drug-likeness (QED) is 0.242. The van der Waals surface area contributed by atoms with E-state index < -0.39 is 0 Å². The SMILES string of the molecule is [Cl-].[Cl-].[Zr+3].c1ccc2c(c1)[cH-]c1c3ccccc3c3ccccc3c21. The number of benzene rings is 4. The van der Waals surface area contributed by atoms with Gasteiger partial charge in [0.25, 0.3) is 0 Å². The van der Waals surface area contributed by atoms with Crippen LogP contribution in [0.3, 0.4) is 0 Å². The van der Waals surface area contributed by atoms with E-state index in [4.69, 9.17) is 0 Å². The predicted molar refractivity (Wildman–Crippen MR) is 92.1 cm³/mol. The standard InChI is InChI=1S/C21H13.2ClH.Zr/c1-2-8-15-14(7-1)13-20-18-11-4-3-9-16(18)17-10-5-6-12-19(17)21(15)20;;;/h1-13H;2*1H;/q-1;;;+3/p-2. The van der Waals surface area contributed by atoms with Crippen LogP contribution in [0.4, 0.5) is 0 Å². The van der Waals surface area contributed by atoms with Gasteiger partial charge in [0.1, 0.15) is 0 Å². The summed E-state index contributed by atoms with van der Waals surface area (Å²) < 4.78 is 0. The van der Waals surface area contributed by atoms with Gasteiger partial charge in [0.05, 0.1) is 0 Å². The zero-order valence-electron chi connectivity index (χ0n) is 12.8. The fourth-order valence-electron chi connectivity index (χ4n) is 3.61. The summed E-state index contributed by atoms with van der Waals surface area (Å²) in [4.78, 5) is 0. The van der Waals surface area contributed by atoms with Crippen LogP contribution >= 0.6 is 0 Å². The minimum absolute atomic E-state index is 0. The Morgan fingerprint density at radius 2 is 0.958 bits per heavy atom. The molecule has 0 saturated heterocycles. The molecule has 0 aromatic heterocycles. The van der Waals surface area contributed by atoms with Gasteiger partial charge in [-0.2, -0.15) is 0 Å². The molecule has 24 heavy (non-hydrogen) atoms. The van der Waals surface area contributed by atoms with Crippen molar-refractivity contribution in [1.82, 2.24) is 0 Å². The molecule has 0 aliphatic carbocycles. The average molecular weight is 427 g/mol. The molecule has 0 N–H and O–H groups in total. The summed E-state index contributed by atoms with van der Waals surface area (Å²) in [6.07, 6.45) is 0. The van der Waals surface area contributed by atoms with Gasteiger partial charge in [-0.05, 0) is 10.8 Å². The molecule has 0 aliphatic heterocycles. The van der Waals surface area contributed by atoms with Gasteiger partial charge in [-0.15, -0.1) is 33.7 Å². The van der Waals surface area contributed by atoms with Crippen LogP contribution in [0.25, 0.3) is 43.1 Å². The molecule has 0 bridgehead atoms. The summed E-state index contributed by atoms with van der Waals surface area (Å²) in [5.74, 6) is 0. The molecule has 0 saturated carbocycles. The zero-order valence-corrected chi connectivity index (χ0v) is 16.7. The van der Waals surface area contributed by atoms with Crippen molar-refractivity contribution in [3.63, 3.8) is 0 Å². The van der Waals surface area contributed by atoms with Gasteiger partial charge in [-0.3, -0.25) is 0 Å². The monoisotopic (exact) mass is 425 g/mol.